The summed E-state index contributed by atoms with van der Waals surface area (Å²) in [6, 6.07) is 10.6. The van der Waals surface area contributed by atoms with E-state index in [1.807, 2.05) is 6.07 Å². The molecule has 0 aliphatic rings. The molecular formula is C17H26O2. The van der Waals surface area contributed by atoms with E-state index >= 15 is 0 Å². The molecule has 0 aromatic heterocycles. The van der Waals surface area contributed by atoms with Crippen LogP contribution in [0, 0.1) is 11.3 Å². The van der Waals surface area contributed by atoms with Crippen molar-refractivity contribution >= 4 is 5.97 Å². The van der Waals surface area contributed by atoms with Gasteiger partial charge in [-0.2, -0.15) is 0 Å². The minimum Gasteiger partial charge on any atom is -0.469 e. The van der Waals surface area contributed by atoms with Gasteiger partial charge < -0.3 is 4.74 Å². The molecule has 2 heteroatoms. The van der Waals surface area contributed by atoms with Crippen molar-refractivity contribution in [1.82, 2.24) is 0 Å². The number of carbonyl (C=O) groups is 1. The zero-order chi connectivity index (χ0) is 14.3. The number of esters is 1. The van der Waals surface area contributed by atoms with Crippen molar-refractivity contribution in [2.45, 2.75) is 46.5 Å². The van der Waals surface area contributed by atoms with E-state index in [0.29, 0.717) is 12.3 Å². The number of hydrogen-bond acceptors (Lipinski definition) is 2. The Bertz CT molecular complexity index is 382. The highest BCUT2D eigenvalue weighted by molar-refractivity contribution is 5.69. The first-order valence-corrected chi connectivity index (χ1v) is 7.04. The van der Waals surface area contributed by atoms with Crippen LogP contribution in [0.5, 0.6) is 0 Å². The molecule has 1 aromatic rings. The molecule has 1 rings (SSSR count). The van der Waals surface area contributed by atoms with E-state index < -0.39 is 0 Å². The number of rotatable bonds is 7. The minimum atomic E-state index is -0.110. The molecule has 0 heterocycles. The van der Waals surface area contributed by atoms with Crippen molar-refractivity contribution in [3.63, 3.8) is 0 Å². The third-order valence-corrected chi connectivity index (χ3v) is 3.59. The van der Waals surface area contributed by atoms with E-state index in [9.17, 15) is 4.79 Å². The molecule has 0 spiro atoms. The summed E-state index contributed by atoms with van der Waals surface area (Å²) < 4.78 is 4.75. The first kappa shape index (κ1) is 15.7. The second-order valence-corrected chi connectivity index (χ2v) is 6.25. The van der Waals surface area contributed by atoms with Crippen LogP contribution >= 0.6 is 0 Å². The molecule has 0 bridgehead atoms. The second-order valence-electron chi connectivity index (χ2n) is 6.25. The summed E-state index contributed by atoms with van der Waals surface area (Å²) in [6.07, 6.45) is 3.80. The van der Waals surface area contributed by atoms with Crippen molar-refractivity contribution in [2.24, 2.45) is 11.3 Å². The van der Waals surface area contributed by atoms with Gasteiger partial charge in [-0.15, -0.1) is 0 Å². The van der Waals surface area contributed by atoms with Gasteiger partial charge in [-0.1, -0.05) is 51.1 Å². The summed E-state index contributed by atoms with van der Waals surface area (Å²) in [5.41, 5.74) is 1.42. The largest absolute Gasteiger partial charge is 0.469 e. The van der Waals surface area contributed by atoms with Gasteiger partial charge in [0.15, 0.2) is 0 Å². The third kappa shape index (κ3) is 6.42. The van der Waals surface area contributed by atoms with E-state index in [-0.39, 0.29) is 11.4 Å². The van der Waals surface area contributed by atoms with Gasteiger partial charge >= 0.3 is 5.97 Å². The molecular weight excluding hydrogens is 236 g/mol. The Labute approximate surface area is 117 Å². The number of methoxy groups -OCH3 is 1. The first-order chi connectivity index (χ1) is 8.93. The van der Waals surface area contributed by atoms with Crippen LogP contribution in [0.25, 0.3) is 0 Å². The van der Waals surface area contributed by atoms with Gasteiger partial charge in [0.25, 0.3) is 0 Å². The summed E-state index contributed by atoms with van der Waals surface area (Å²) in [7, 11) is 1.45. The van der Waals surface area contributed by atoms with Crippen LogP contribution in [-0.2, 0) is 16.0 Å². The molecule has 1 aromatic carbocycles. The minimum absolute atomic E-state index is 0.0258. The van der Waals surface area contributed by atoms with Gasteiger partial charge in [-0.05, 0) is 36.2 Å². The average Bonchev–Trinajstić information content (AvgIpc) is 2.37. The summed E-state index contributed by atoms with van der Waals surface area (Å²) in [4.78, 5) is 11.3. The molecule has 0 saturated heterocycles. The number of benzene rings is 1. The Morgan fingerprint density at radius 3 is 2.47 bits per heavy atom. The van der Waals surface area contributed by atoms with Gasteiger partial charge in [-0.25, -0.2) is 0 Å². The van der Waals surface area contributed by atoms with Gasteiger partial charge in [0.1, 0.15) is 0 Å². The van der Waals surface area contributed by atoms with E-state index in [2.05, 4.69) is 45.0 Å². The Balaban J connectivity index is 2.37. The Kier molecular flexibility index (Phi) is 6.07. The van der Waals surface area contributed by atoms with Crippen LogP contribution < -0.4 is 0 Å². The Morgan fingerprint density at radius 1 is 1.26 bits per heavy atom. The lowest BCUT2D eigenvalue weighted by Crippen LogP contribution is -2.19. The molecule has 1 unspecified atom stereocenters. The topological polar surface area (TPSA) is 26.3 Å². The van der Waals surface area contributed by atoms with Gasteiger partial charge in [0, 0.05) is 0 Å². The van der Waals surface area contributed by atoms with E-state index in [0.717, 1.165) is 19.3 Å². The summed E-state index contributed by atoms with van der Waals surface area (Å²) in [5, 5.41) is 0. The zero-order valence-corrected chi connectivity index (χ0v) is 12.6. The van der Waals surface area contributed by atoms with Crippen LogP contribution in [0.3, 0.4) is 0 Å². The average molecular weight is 262 g/mol. The number of carbonyl (C=O) groups excluding carboxylic acids is 1. The molecule has 0 radical (unpaired) electrons. The van der Waals surface area contributed by atoms with Crippen LogP contribution in [0.2, 0.25) is 0 Å². The molecule has 0 fully saturated rings. The SMILES string of the molecule is COC(=O)CC(C)(C)CCC(C)Cc1ccccc1. The van der Waals surface area contributed by atoms with E-state index in [1.54, 1.807) is 0 Å². The van der Waals surface area contributed by atoms with Crippen molar-refractivity contribution in [3.8, 4) is 0 Å². The summed E-state index contributed by atoms with van der Waals surface area (Å²) >= 11 is 0. The second kappa shape index (κ2) is 7.32. The maximum absolute atomic E-state index is 11.3. The van der Waals surface area contributed by atoms with Crippen LogP contribution in [0.4, 0.5) is 0 Å². The highest BCUT2D eigenvalue weighted by atomic mass is 16.5. The standard InChI is InChI=1S/C17H26O2/c1-14(12-15-8-6-5-7-9-15)10-11-17(2,3)13-16(18)19-4/h5-9,14H,10-13H2,1-4H3. The van der Waals surface area contributed by atoms with Gasteiger partial charge in [0.2, 0.25) is 0 Å². The highest BCUT2D eigenvalue weighted by Gasteiger charge is 2.23. The monoisotopic (exact) mass is 262 g/mol. The molecule has 0 saturated carbocycles. The normalized spacial score (nSPS) is 13.1. The quantitative estimate of drug-likeness (QED) is 0.687. The molecule has 1 atom stereocenters. The zero-order valence-electron chi connectivity index (χ0n) is 12.6. The Morgan fingerprint density at radius 2 is 1.89 bits per heavy atom. The van der Waals surface area contributed by atoms with E-state index in [4.69, 9.17) is 4.74 Å². The van der Waals surface area contributed by atoms with Crippen molar-refractivity contribution < 1.29 is 9.53 Å². The molecule has 19 heavy (non-hydrogen) atoms. The lowest BCUT2D eigenvalue weighted by atomic mass is 9.81. The fourth-order valence-corrected chi connectivity index (χ4v) is 2.31. The molecule has 0 N–H and O–H groups in total. The third-order valence-electron chi connectivity index (χ3n) is 3.59. The highest BCUT2D eigenvalue weighted by Crippen LogP contribution is 2.29. The van der Waals surface area contributed by atoms with Crippen LogP contribution in [0.15, 0.2) is 30.3 Å². The van der Waals surface area contributed by atoms with Gasteiger partial charge in [-0.3, -0.25) is 4.79 Å². The predicted molar refractivity (Wildman–Crippen MR) is 79.0 cm³/mol. The fourth-order valence-electron chi connectivity index (χ4n) is 2.31. The van der Waals surface area contributed by atoms with Crippen molar-refractivity contribution in [1.29, 1.82) is 0 Å². The number of ether oxygens (including phenoxy) is 1. The first-order valence-electron chi connectivity index (χ1n) is 7.04. The molecule has 2 nitrogen and oxygen atoms in total. The van der Waals surface area contributed by atoms with Crippen LogP contribution in [0.1, 0.15) is 45.6 Å². The molecule has 106 valence electrons. The fraction of sp³-hybridized carbons (Fsp3) is 0.588. The summed E-state index contributed by atoms with van der Waals surface area (Å²) in [6.45, 7) is 6.56. The predicted octanol–water partition coefficient (Wildman–Crippen LogP) is 4.23. The molecule has 0 amide bonds. The smallest absolute Gasteiger partial charge is 0.306 e. The van der Waals surface area contributed by atoms with Crippen molar-refractivity contribution in [2.75, 3.05) is 7.11 Å². The molecule has 0 aliphatic heterocycles. The molecule has 0 aliphatic carbocycles. The summed E-state index contributed by atoms with van der Waals surface area (Å²) in [5.74, 6) is 0.528. The van der Waals surface area contributed by atoms with Crippen LogP contribution in [-0.4, -0.2) is 13.1 Å². The van der Waals surface area contributed by atoms with E-state index in [1.165, 1.54) is 12.7 Å². The maximum Gasteiger partial charge on any atom is 0.306 e. The van der Waals surface area contributed by atoms with Crippen molar-refractivity contribution in [3.05, 3.63) is 35.9 Å². The van der Waals surface area contributed by atoms with Gasteiger partial charge in [0.05, 0.1) is 13.5 Å². The lowest BCUT2D eigenvalue weighted by molar-refractivity contribution is -0.143. The maximum atomic E-state index is 11.3. The lowest BCUT2D eigenvalue weighted by Gasteiger charge is -2.25. The number of hydrogen-bond donors (Lipinski definition) is 0. The Hall–Kier alpha value is -1.31.